The first-order chi connectivity index (χ1) is 10.7. The van der Waals surface area contributed by atoms with Gasteiger partial charge >= 0.3 is 6.03 Å². The van der Waals surface area contributed by atoms with Crippen molar-refractivity contribution in [2.75, 3.05) is 11.9 Å². The van der Waals surface area contributed by atoms with E-state index < -0.39 is 0 Å². The summed E-state index contributed by atoms with van der Waals surface area (Å²) in [6, 6.07) is 6.79. The molecule has 0 atom stereocenters. The quantitative estimate of drug-likeness (QED) is 0.878. The highest BCUT2D eigenvalue weighted by molar-refractivity contribution is 5.89. The highest BCUT2D eigenvalue weighted by Gasteiger charge is 2.43. The van der Waals surface area contributed by atoms with Gasteiger partial charge in [0.05, 0.1) is 11.9 Å². The summed E-state index contributed by atoms with van der Waals surface area (Å²) in [5.74, 6) is 0. The lowest BCUT2D eigenvalue weighted by Gasteiger charge is -2.16. The fourth-order valence-corrected chi connectivity index (χ4v) is 2.28. The Morgan fingerprint density at radius 2 is 2.32 bits per heavy atom. The summed E-state index contributed by atoms with van der Waals surface area (Å²) in [6.45, 7) is 1.43. The summed E-state index contributed by atoms with van der Waals surface area (Å²) < 4.78 is 1.90. The van der Waals surface area contributed by atoms with Crippen LogP contribution >= 0.6 is 0 Å². The summed E-state index contributed by atoms with van der Waals surface area (Å²) in [4.78, 5) is 15.8. The number of nitrogens with zero attached hydrogens (tertiary/aromatic N) is 4. The van der Waals surface area contributed by atoms with Gasteiger partial charge in [0, 0.05) is 30.9 Å². The summed E-state index contributed by atoms with van der Waals surface area (Å²) in [6.07, 6.45) is 7.34. The maximum Gasteiger partial charge on any atom is 0.319 e. The van der Waals surface area contributed by atoms with E-state index in [2.05, 4.69) is 20.7 Å². The summed E-state index contributed by atoms with van der Waals surface area (Å²) in [5.41, 5.74) is 1.00. The van der Waals surface area contributed by atoms with E-state index in [1.54, 1.807) is 18.3 Å². The average Bonchev–Trinajstić information content (AvgIpc) is 3.10. The molecule has 1 fully saturated rings. The van der Waals surface area contributed by atoms with Crippen molar-refractivity contribution in [2.24, 2.45) is 5.41 Å². The van der Waals surface area contributed by atoms with Crippen molar-refractivity contribution in [3.63, 3.8) is 0 Å². The number of pyridine rings is 1. The predicted molar refractivity (Wildman–Crippen MR) is 79.9 cm³/mol. The van der Waals surface area contributed by atoms with Crippen LogP contribution in [-0.2, 0) is 6.54 Å². The Balaban J connectivity index is 1.49. The number of nitrogens with one attached hydrogen (secondary N) is 2. The van der Waals surface area contributed by atoms with Crippen LogP contribution < -0.4 is 10.6 Å². The van der Waals surface area contributed by atoms with Crippen LogP contribution in [0.1, 0.15) is 18.5 Å². The first-order valence-corrected chi connectivity index (χ1v) is 7.08. The third kappa shape index (κ3) is 3.41. The van der Waals surface area contributed by atoms with Gasteiger partial charge in [-0.05, 0) is 31.0 Å². The lowest BCUT2D eigenvalue weighted by molar-refractivity contribution is 0.248. The third-order valence-electron chi connectivity index (χ3n) is 3.77. The summed E-state index contributed by atoms with van der Waals surface area (Å²) in [7, 11) is 0. The molecule has 0 radical (unpaired) electrons. The van der Waals surface area contributed by atoms with Gasteiger partial charge in [-0.25, -0.2) is 9.78 Å². The van der Waals surface area contributed by atoms with Crippen molar-refractivity contribution < 1.29 is 4.79 Å². The molecule has 1 aliphatic carbocycles. The van der Waals surface area contributed by atoms with Crippen LogP contribution in [0.25, 0.3) is 0 Å². The molecular formula is C15H16N6O. The van der Waals surface area contributed by atoms with E-state index in [1.807, 2.05) is 23.0 Å². The first kappa shape index (κ1) is 14.1. The van der Waals surface area contributed by atoms with Crippen molar-refractivity contribution in [2.45, 2.75) is 19.4 Å². The number of hydrogen-bond acceptors (Lipinski definition) is 4. The molecule has 22 heavy (non-hydrogen) atoms. The van der Waals surface area contributed by atoms with E-state index in [9.17, 15) is 4.79 Å². The minimum Gasteiger partial charge on any atom is -0.337 e. The molecule has 3 rings (SSSR count). The molecule has 2 aromatic heterocycles. The second-order valence-corrected chi connectivity index (χ2v) is 5.56. The molecule has 0 aromatic carbocycles. The minimum absolute atomic E-state index is 0.117. The lowest BCUT2D eigenvalue weighted by Crippen LogP contribution is -2.35. The van der Waals surface area contributed by atoms with Gasteiger partial charge in [-0.1, -0.05) is 0 Å². The maximum absolute atomic E-state index is 11.9. The van der Waals surface area contributed by atoms with E-state index >= 15 is 0 Å². The predicted octanol–water partition coefficient (Wildman–Crippen LogP) is 1.75. The fourth-order valence-electron chi connectivity index (χ4n) is 2.28. The number of rotatable bonds is 5. The van der Waals surface area contributed by atoms with Crippen molar-refractivity contribution >= 4 is 11.7 Å². The largest absolute Gasteiger partial charge is 0.337 e. The highest BCUT2D eigenvalue weighted by Crippen LogP contribution is 2.46. The monoisotopic (exact) mass is 296 g/mol. The SMILES string of the molecule is N#Cc1ccc(NC(=O)NCC2(Cn3cccn3)CC2)cn1. The van der Waals surface area contributed by atoms with E-state index in [0.29, 0.717) is 17.9 Å². The molecule has 0 bridgehead atoms. The Hall–Kier alpha value is -2.88. The number of anilines is 1. The number of nitriles is 1. The molecule has 2 amide bonds. The van der Waals surface area contributed by atoms with E-state index in [1.165, 1.54) is 6.20 Å². The van der Waals surface area contributed by atoms with Crippen LogP contribution in [0, 0.1) is 16.7 Å². The fraction of sp³-hybridized carbons (Fsp3) is 0.333. The average molecular weight is 296 g/mol. The van der Waals surface area contributed by atoms with Crippen LogP contribution in [0.15, 0.2) is 36.8 Å². The van der Waals surface area contributed by atoms with Crippen molar-refractivity contribution in [3.05, 3.63) is 42.5 Å². The smallest absolute Gasteiger partial charge is 0.319 e. The minimum atomic E-state index is -0.266. The molecule has 1 saturated carbocycles. The molecule has 112 valence electrons. The molecule has 7 nitrogen and oxygen atoms in total. The summed E-state index contributed by atoms with van der Waals surface area (Å²) >= 11 is 0. The van der Waals surface area contributed by atoms with Gasteiger partial charge in [0.15, 0.2) is 0 Å². The highest BCUT2D eigenvalue weighted by atomic mass is 16.2. The zero-order chi connectivity index (χ0) is 15.4. The Kier molecular flexibility index (Phi) is 3.74. The van der Waals surface area contributed by atoms with E-state index in [4.69, 9.17) is 5.26 Å². The van der Waals surface area contributed by atoms with Crippen LogP contribution in [0.3, 0.4) is 0 Å². The van der Waals surface area contributed by atoms with Crippen LogP contribution in [0.4, 0.5) is 10.5 Å². The molecule has 0 spiro atoms. The lowest BCUT2D eigenvalue weighted by atomic mass is 10.1. The molecule has 2 N–H and O–H groups in total. The Morgan fingerprint density at radius 3 is 2.91 bits per heavy atom. The van der Waals surface area contributed by atoms with Crippen molar-refractivity contribution in [3.8, 4) is 6.07 Å². The number of aromatic nitrogens is 3. The second kappa shape index (κ2) is 5.85. The van der Waals surface area contributed by atoms with Gasteiger partial charge in [0.1, 0.15) is 11.8 Å². The van der Waals surface area contributed by atoms with Gasteiger partial charge in [-0.2, -0.15) is 10.4 Å². The van der Waals surface area contributed by atoms with E-state index in [-0.39, 0.29) is 11.4 Å². The number of amides is 2. The second-order valence-electron chi connectivity index (χ2n) is 5.56. The van der Waals surface area contributed by atoms with Gasteiger partial charge in [-0.15, -0.1) is 0 Å². The maximum atomic E-state index is 11.9. The number of carbonyl (C=O) groups excluding carboxylic acids is 1. The zero-order valence-corrected chi connectivity index (χ0v) is 12.0. The number of carbonyl (C=O) groups is 1. The van der Waals surface area contributed by atoms with Crippen molar-refractivity contribution in [1.29, 1.82) is 5.26 Å². The normalized spacial score (nSPS) is 14.9. The van der Waals surface area contributed by atoms with Gasteiger partial charge in [0.25, 0.3) is 0 Å². The molecule has 2 heterocycles. The molecule has 1 aliphatic rings. The Bertz CT molecular complexity index is 682. The van der Waals surface area contributed by atoms with Crippen LogP contribution in [0.2, 0.25) is 0 Å². The Labute approximate surface area is 128 Å². The van der Waals surface area contributed by atoms with Crippen LogP contribution in [-0.4, -0.2) is 27.3 Å². The topological polar surface area (TPSA) is 95.6 Å². The Morgan fingerprint density at radius 1 is 1.45 bits per heavy atom. The molecule has 0 aliphatic heterocycles. The molecule has 2 aromatic rings. The van der Waals surface area contributed by atoms with Gasteiger partial charge in [-0.3, -0.25) is 4.68 Å². The third-order valence-corrected chi connectivity index (χ3v) is 3.77. The van der Waals surface area contributed by atoms with Crippen LogP contribution in [0.5, 0.6) is 0 Å². The first-order valence-electron chi connectivity index (χ1n) is 7.08. The molecule has 0 saturated heterocycles. The molecule has 0 unspecified atom stereocenters. The van der Waals surface area contributed by atoms with Gasteiger partial charge in [0.2, 0.25) is 0 Å². The van der Waals surface area contributed by atoms with E-state index in [0.717, 1.165) is 19.4 Å². The van der Waals surface area contributed by atoms with Gasteiger partial charge < -0.3 is 10.6 Å². The zero-order valence-electron chi connectivity index (χ0n) is 12.0. The standard InChI is InChI=1S/C15H16N6O/c16-8-12-2-3-13(9-17-12)20-14(22)18-10-15(4-5-15)11-21-7-1-6-19-21/h1-3,6-7,9H,4-5,10-11H2,(H2,18,20,22). The summed E-state index contributed by atoms with van der Waals surface area (Å²) in [5, 5.41) is 18.5. The number of hydrogen-bond donors (Lipinski definition) is 2. The molecule has 7 heteroatoms. The molecular weight excluding hydrogens is 280 g/mol. The number of urea groups is 1. The van der Waals surface area contributed by atoms with Crippen molar-refractivity contribution in [1.82, 2.24) is 20.1 Å².